The molecule has 94 valence electrons. The van der Waals surface area contributed by atoms with E-state index in [2.05, 4.69) is 18.7 Å². The van der Waals surface area contributed by atoms with Gasteiger partial charge < -0.3 is 9.64 Å². The highest BCUT2D eigenvalue weighted by molar-refractivity contribution is 5.89. The maximum absolute atomic E-state index is 11.6. The minimum absolute atomic E-state index is 0.0787. The summed E-state index contributed by atoms with van der Waals surface area (Å²) in [5, 5.41) is 0. The third-order valence-corrected chi connectivity index (χ3v) is 2.57. The molecule has 0 amide bonds. The van der Waals surface area contributed by atoms with E-state index < -0.39 is 0 Å². The first-order chi connectivity index (χ1) is 8.08. The number of nitrogens with zero attached hydrogens (tertiary/aromatic N) is 1. The minimum Gasteiger partial charge on any atom is -0.459 e. The van der Waals surface area contributed by atoms with E-state index in [0.717, 1.165) is 18.8 Å². The van der Waals surface area contributed by atoms with Crippen LogP contribution in [-0.2, 0) is 4.74 Å². The van der Waals surface area contributed by atoms with Crippen LogP contribution in [0.15, 0.2) is 24.3 Å². The lowest BCUT2D eigenvalue weighted by atomic mass is 10.2. The molecule has 1 rings (SSSR count). The molecule has 0 aliphatic rings. The van der Waals surface area contributed by atoms with Gasteiger partial charge >= 0.3 is 5.97 Å². The van der Waals surface area contributed by atoms with Crippen LogP contribution < -0.4 is 4.90 Å². The average molecular weight is 235 g/mol. The van der Waals surface area contributed by atoms with E-state index in [1.807, 2.05) is 38.1 Å². The molecule has 0 N–H and O–H groups in total. The molecule has 0 heterocycles. The van der Waals surface area contributed by atoms with Gasteiger partial charge in [0, 0.05) is 18.8 Å². The van der Waals surface area contributed by atoms with Gasteiger partial charge in [-0.05, 0) is 52.0 Å². The molecular formula is C14H21NO2. The lowest BCUT2D eigenvalue weighted by Crippen LogP contribution is -2.21. The molecule has 0 saturated heterocycles. The Morgan fingerprint density at radius 1 is 1.18 bits per heavy atom. The highest BCUT2D eigenvalue weighted by Gasteiger charge is 2.09. The summed E-state index contributed by atoms with van der Waals surface area (Å²) in [7, 11) is 0. The molecule has 3 heteroatoms. The normalized spacial score (nSPS) is 10.4. The standard InChI is InChI=1S/C14H21NO2/c1-5-15(6-2)13-9-7-12(8-10-13)14(16)17-11(3)4/h7-11H,5-6H2,1-4H3. The fourth-order valence-electron chi connectivity index (χ4n) is 1.68. The molecule has 0 aliphatic heterocycles. The van der Waals surface area contributed by atoms with Crippen molar-refractivity contribution in [2.75, 3.05) is 18.0 Å². The van der Waals surface area contributed by atoms with Gasteiger partial charge in [0.05, 0.1) is 11.7 Å². The fraction of sp³-hybridized carbons (Fsp3) is 0.500. The second-order valence-corrected chi connectivity index (χ2v) is 4.17. The number of ether oxygens (including phenoxy) is 1. The van der Waals surface area contributed by atoms with Crippen molar-refractivity contribution in [1.29, 1.82) is 0 Å². The van der Waals surface area contributed by atoms with E-state index in [4.69, 9.17) is 4.74 Å². The molecule has 17 heavy (non-hydrogen) atoms. The SMILES string of the molecule is CCN(CC)c1ccc(C(=O)OC(C)C)cc1. The van der Waals surface area contributed by atoms with Gasteiger partial charge in [-0.25, -0.2) is 4.79 Å². The van der Waals surface area contributed by atoms with Crippen LogP contribution >= 0.6 is 0 Å². The van der Waals surface area contributed by atoms with Crippen molar-refractivity contribution in [1.82, 2.24) is 0 Å². The second-order valence-electron chi connectivity index (χ2n) is 4.17. The van der Waals surface area contributed by atoms with Gasteiger partial charge in [0.25, 0.3) is 0 Å². The lowest BCUT2D eigenvalue weighted by Gasteiger charge is -2.21. The average Bonchev–Trinajstić information content (AvgIpc) is 2.30. The summed E-state index contributed by atoms with van der Waals surface area (Å²) < 4.78 is 5.14. The minimum atomic E-state index is -0.258. The van der Waals surface area contributed by atoms with Crippen molar-refractivity contribution in [2.45, 2.75) is 33.8 Å². The van der Waals surface area contributed by atoms with Crippen molar-refractivity contribution in [2.24, 2.45) is 0 Å². The quantitative estimate of drug-likeness (QED) is 0.734. The number of carbonyl (C=O) groups excluding carboxylic acids is 1. The summed E-state index contributed by atoms with van der Waals surface area (Å²) in [6.07, 6.45) is -0.0787. The smallest absolute Gasteiger partial charge is 0.338 e. The molecule has 3 nitrogen and oxygen atoms in total. The third-order valence-electron chi connectivity index (χ3n) is 2.57. The zero-order chi connectivity index (χ0) is 12.8. The van der Waals surface area contributed by atoms with Crippen molar-refractivity contribution in [3.05, 3.63) is 29.8 Å². The number of hydrogen-bond acceptors (Lipinski definition) is 3. The predicted molar refractivity (Wildman–Crippen MR) is 70.6 cm³/mol. The van der Waals surface area contributed by atoms with Crippen LogP contribution in [0.25, 0.3) is 0 Å². The van der Waals surface area contributed by atoms with Gasteiger partial charge in [0.15, 0.2) is 0 Å². The summed E-state index contributed by atoms with van der Waals surface area (Å²) in [5.41, 5.74) is 1.74. The maximum Gasteiger partial charge on any atom is 0.338 e. The van der Waals surface area contributed by atoms with Crippen LogP contribution in [0.3, 0.4) is 0 Å². The van der Waals surface area contributed by atoms with Gasteiger partial charge in [-0.3, -0.25) is 0 Å². The molecule has 0 unspecified atom stereocenters. The van der Waals surface area contributed by atoms with Crippen LogP contribution in [-0.4, -0.2) is 25.2 Å². The summed E-state index contributed by atoms with van der Waals surface area (Å²) >= 11 is 0. The zero-order valence-electron chi connectivity index (χ0n) is 11.1. The molecule has 0 bridgehead atoms. The molecular weight excluding hydrogens is 214 g/mol. The van der Waals surface area contributed by atoms with E-state index in [-0.39, 0.29) is 12.1 Å². The van der Waals surface area contributed by atoms with Crippen molar-refractivity contribution < 1.29 is 9.53 Å². The fourth-order valence-corrected chi connectivity index (χ4v) is 1.68. The van der Waals surface area contributed by atoms with Crippen molar-refractivity contribution in [3.8, 4) is 0 Å². The second kappa shape index (κ2) is 6.28. The van der Waals surface area contributed by atoms with Crippen LogP contribution in [0.4, 0.5) is 5.69 Å². The van der Waals surface area contributed by atoms with Crippen molar-refractivity contribution in [3.63, 3.8) is 0 Å². The number of esters is 1. The van der Waals surface area contributed by atoms with Gasteiger partial charge in [-0.15, -0.1) is 0 Å². The van der Waals surface area contributed by atoms with Crippen LogP contribution in [0.2, 0.25) is 0 Å². The van der Waals surface area contributed by atoms with Gasteiger partial charge in [-0.1, -0.05) is 0 Å². The molecule has 0 radical (unpaired) electrons. The zero-order valence-corrected chi connectivity index (χ0v) is 11.1. The van der Waals surface area contributed by atoms with E-state index in [9.17, 15) is 4.79 Å². The van der Waals surface area contributed by atoms with Crippen molar-refractivity contribution >= 4 is 11.7 Å². The molecule has 0 spiro atoms. The first kappa shape index (κ1) is 13.6. The lowest BCUT2D eigenvalue weighted by molar-refractivity contribution is 0.0378. The third kappa shape index (κ3) is 3.77. The Morgan fingerprint density at radius 3 is 2.12 bits per heavy atom. The molecule has 1 aromatic carbocycles. The van der Waals surface area contributed by atoms with E-state index in [1.165, 1.54) is 0 Å². The highest BCUT2D eigenvalue weighted by atomic mass is 16.5. The Morgan fingerprint density at radius 2 is 1.71 bits per heavy atom. The molecule has 0 atom stereocenters. The van der Waals surface area contributed by atoms with Crippen LogP contribution in [0.1, 0.15) is 38.1 Å². The number of anilines is 1. The molecule has 0 aromatic heterocycles. The topological polar surface area (TPSA) is 29.5 Å². The number of benzene rings is 1. The summed E-state index contributed by atoms with van der Waals surface area (Å²) in [6, 6.07) is 7.56. The number of hydrogen-bond donors (Lipinski definition) is 0. The molecule has 0 saturated carbocycles. The maximum atomic E-state index is 11.6. The summed E-state index contributed by atoms with van der Waals surface area (Å²) in [4.78, 5) is 13.9. The van der Waals surface area contributed by atoms with E-state index in [1.54, 1.807) is 0 Å². The Labute approximate surface area is 103 Å². The Bertz CT molecular complexity index is 353. The highest BCUT2D eigenvalue weighted by Crippen LogP contribution is 2.15. The van der Waals surface area contributed by atoms with Gasteiger partial charge in [0.1, 0.15) is 0 Å². The number of rotatable bonds is 5. The van der Waals surface area contributed by atoms with E-state index >= 15 is 0 Å². The molecule has 1 aromatic rings. The monoisotopic (exact) mass is 235 g/mol. The van der Waals surface area contributed by atoms with Gasteiger partial charge in [0.2, 0.25) is 0 Å². The Hall–Kier alpha value is -1.51. The largest absolute Gasteiger partial charge is 0.459 e. The molecule has 0 aliphatic carbocycles. The molecule has 0 fully saturated rings. The predicted octanol–water partition coefficient (Wildman–Crippen LogP) is 3.10. The van der Waals surface area contributed by atoms with Crippen LogP contribution in [0, 0.1) is 0 Å². The first-order valence-corrected chi connectivity index (χ1v) is 6.14. The van der Waals surface area contributed by atoms with Crippen LogP contribution in [0.5, 0.6) is 0 Å². The summed E-state index contributed by atoms with van der Waals surface area (Å²) in [5.74, 6) is -0.258. The number of carbonyl (C=O) groups is 1. The van der Waals surface area contributed by atoms with E-state index in [0.29, 0.717) is 5.56 Å². The Kier molecular flexibility index (Phi) is 5.01. The van der Waals surface area contributed by atoms with Gasteiger partial charge in [-0.2, -0.15) is 0 Å². The Balaban J connectivity index is 2.77. The first-order valence-electron chi connectivity index (χ1n) is 6.14. The summed E-state index contributed by atoms with van der Waals surface area (Å²) in [6.45, 7) is 9.86.